The van der Waals surface area contributed by atoms with Gasteiger partial charge in [-0.15, -0.1) is 12.6 Å². The first kappa shape index (κ1) is 16.5. The minimum atomic E-state index is -3.11. The van der Waals surface area contributed by atoms with Crippen LogP contribution < -0.4 is 5.32 Å². The Morgan fingerprint density at radius 2 is 1.60 bits per heavy atom. The molecule has 1 N–H and O–H groups in total. The van der Waals surface area contributed by atoms with E-state index in [0.717, 1.165) is 6.42 Å². The van der Waals surface area contributed by atoms with E-state index < -0.39 is 10.6 Å². The van der Waals surface area contributed by atoms with Crippen molar-refractivity contribution < 1.29 is 17.4 Å². The maximum atomic E-state index is 11.3. The Kier molecular flexibility index (Phi) is 8.14. The van der Waals surface area contributed by atoms with Crippen LogP contribution in [0.1, 0.15) is 41.0 Å². The van der Waals surface area contributed by atoms with Crippen LogP contribution in [0.5, 0.6) is 0 Å². The molecular formula is C9H19NO4S. The number of carbonyl (C=O) groups excluding carboxylic acids is 1. The fourth-order valence-electron chi connectivity index (χ4n) is 0.678. The molecule has 0 saturated carbocycles. The fourth-order valence-corrected chi connectivity index (χ4v) is 0.678. The number of hydrogen-bond donors (Lipinski definition) is 1. The van der Waals surface area contributed by atoms with Crippen LogP contribution >= 0.6 is 0 Å². The molecule has 6 heteroatoms. The van der Waals surface area contributed by atoms with E-state index in [1.165, 1.54) is 0 Å². The highest BCUT2D eigenvalue weighted by molar-refractivity contribution is 7.59. The molecule has 90 valence electrons. The number of nitrogens with one attached hydrogen (secondary N) is 1. The maximum absolute atomic E-state index is 11.3. The van der Waals surface area contributed by atoms with Gasteiger partial charge in [0, 0.05) is 11.5 Å². The third kappa shape index (κ3) is 15.8. The Bertz CT molecular complexity index is 281. The molecule has 0 aromatic rings. The summed E-state index contributed by atoms with van der Waals surface area (Å²) in [5, 5.41) is 2.93. The van der Waals surface area contributed by atoms with E-state index in [-0.39, 0.29) is 17.4 Å². The summed E-state index contributed by atoms with van der Waals surface area (Å²) in [5.74, 6) is 0.286. The predicted octanol–water partition coefficient (Wildman–Crippen LogP) is 0.943. The molecule has 0 bridgehead atoms. The number of amides is 1. The summed E-state index contributed by atoms with van der Waals surface area (Å²) in [6.07, 6.45) is 0.905. The highest BCUT2D eigenvalue weighted by Crippen LogP contribution is 2.05. The highest BCUT2D eigenvalue weighted by Gasteiger charge is 2.17. The molecule has 0 aliphatic rings. The lowest BCUT2D eigenvalue weighted by molar-refractivity contribution is -0.126. The fraction of sp³-hybridized carbons (Fsp3) is 0.889. The first-order chi connectivity index (χ1) is 6.60. The zero-order valence-corrected chi connectivity index (χ0v) is 10.6. The molecule has 5 nitrogen and oxygen atoms in total. The summed E-state index contributed by atoms with van der Waals surface area (Å²) in [4.78, 5) is 11.3. The summed E-state index contributed by atoms with van der Waals surface area (Å²) in [5.41, 5.74) is -0.0967. The first-order valence-corrected chi connectivity index (χ1v) is 5.69. The second-order valence-electron chi connectivity index (χ2n) is 4.25. The summed E-state index contributed by atoms with van der Waals surface area (Å²) >= 11 is 0. The first-order valence-electron chi connectivity index (χ1n) is 4.69. The quantitative estimate of drug-likeness (QED) is 0.775. The molecule has 0 radical (unpaired) electrons. The second kappa shape index (κ2) is 7.39. The summed E-state index contributed by atoms with van der Waals surface area (Å²) in [6, 6.07) is 0. The number of carbonyl (C=O) groups is 1. The van der Waals surface area contributed by atoms with E-state index in [4.69, 9.17) is 12.6 Å². The zero-order chi connectivity index (χ0) is 12.6. The molecule has 1 atom stereocenters. The average molecular weight is 237 g/mol. The molecule has 1 unspecified atom stereocenters. The second-order valence-corrected chi connectivity index (χ2v) is 4.66. The van der Waals surface area contributed by atoms with Gasteiger partial charge in [-0.1, -0.05) is 13.8 Å². The van der Waals surface area contributed by atoms with Gasteiger partial charge in [0.2, 0.25) is 5.91 Å². The molecule has 0 rings (SSSR count). The van der Waals surface area contributed by atoms with Crippen molar-refractivity contribution in [2.24, 2.45) is 5.92 Å². The lowest BCUT2D eigenvalue weighted by atomic mass is 10.0. The summed E-state index contributed by atoms with van der Waals surface area (Å²) < 4.78 is 25.3. The van der Waals surface area contributed by atoms with E-state index in [1.807, 2.05) is 34.6 Å². The molecule has 0 aliphatic carbocycles. The van der Waals surface area contributed by atoms with Gasteiger partial charge in [-0.25, -0.2) is 0 Å². The van der Waals surface area contributed by atoms with Gasteiger partial charge in [-0.2, -0.15) is 0 Å². The van der Waals surface area contributed by atoms with Crippen molar-refractivity contribution in [3.05, 3.63) is 0 Å². The van der Waals surface area contributed by atoms with Crippen LogP contribution in [0.4, 0.5) is 0 Å². The van der Waals surface area contributed by atoms with Crippen LogP contribution in [0.15, 0.2) is 0 Å². The molecule has 15 heavy (non-hydrogen) atoms. The number of hydrogen-bond acceptors (Lipinski definition) is 4. The lowest BCUT2D eigenvalue weighted by Gasteiger charge is -2.22. The molecule has 0 aromatic carbocycles. The van der Waals surface area contributed by atoms with Crippen LogP contribution in [0.3, 0.4) is 0 Å². The monoisotopic (exact) mass is 237 g/mol. The zero-order valence-electron chi connectivity index (χ0n) is 9.83. The molecule has 0 spiro atoms. The van der Waals surface area contributed by atoms with Crippen LogP contribution in [-0.4, -0.2) is 24.1 Å². The highest BCUT2D eigenvalue weighted by atomic mass is 32.2. The lowest BCUT2D eigenvalue weighted by Crippen LogP contribution is -2.43. The van der Waals surface area contributed by atoms with Crippen molar-refractivity contribution >= 4 is 16.5 Å². The minimum Gasteiger partial charge on any atom is -0.351 e. The maximum Gasteiger partial charge on any atom is 0.425 e. The van der Waals surface area contributed by atoms with Crippen molar-refractivity contribution in [3.8, 4) is 0 Å². The standard InChI is InChI=1S/C9H19NO.O3S/c1-6-7(2)8(11)10-9(3,4)5;1-4(2)3/h7H,6H2,1-5H3,(H,10,11);. The average Bonchev–Trinajstić information content (AvgIpc) is 1.98. The van der Waals surface area contributed by atoms with Crippen LogP contribution in [0.2, 0.25) is 0 Å². The van der Waals surface area contributed by atoms with E-state index in [0.29, 0.717) is 0 Å². The molecule has 0 aliphatic heterocycles. The summed E-state index contributed by atoms with van der Waals surface area (Å²) in [6.45, 7) is 9.95. The molecule has 0 aromatic heterocycles. The number of rotatable bonds is 2. The van der Waals surface area contributed by atoms with Crippen LogP contribution in [-0.2, 0) is 15.4 Å². The third-order valence-corrected chi connectivity index (χ3v) is 1.56. The van der Waals surface area contributed by atoms with Gasteiger partial charge in [0.05, 0.1) is 0 Å². The molecule has 0 fully saturated rings. The van der Waals surface area contributed by atoms with Gasteiger partial charge in [-0.05, 0) is 27.2 Å². The molecule has 0 saturated heterocycles. The predicted molar refractivity (Wildman–Crippen MR) is 57.0 cm³/mol. The van der Waals surface area contributed by atoms with Gasteiger partial charge in [-0.3, -0.25) is 4.79 Å². The van der Waals surface area contributed by atoms with Gasteiger partial charge < -0.3 is 5.32 Å². The normalized spacial score (nSPS) is 12.1. The van der Waals surface area contributed by atoms with Crippen molar-refractivity contribution in [1.82, 2.24) is 5.32 Å². The SMILES string of the molecule is CCC(C)C(=O)NC(C)(C)C.O=S(=O)=O. The van der Waals surface area contributed by atoms with Crippen LogP contribution in [0.25, 0.3) is 0 Å². The molecular weight excluding hydrogens is 218 g/mol. The largest absolute Gasteiger partial charge is 0.425 e. The molecule has 1 amide bonds. The third-order valence-electron chi connectivity index (χ3n) is 1.56. The van der Waals surface area contributed by atoms with Gasteiger partial charge in [0.15, 0.2) is 0 Å². The Labute approximate surface area is 92.3 Å². The Morgan fingerprint density at radius 1 is 1.27 bits per heavy atom. The van der Waals surface area contributed by atoms with Crippen molar-refractivity contribution in [2.45, 2.75) is 46.6 Å². The van der Waals surface area contributed by atoms with Crippen LogP contribution in [0, 0.1) is 5.92 Å². The topological polar surface area (TPSA) is 80.3 Å². The van der Waals surface area contributed by atoms with E-state index in [2.05, 4.69) is 5.32 Å². The van der Waals surface area contributed by atoms with Gasteiger partial charge in [0.1, 0.15) is 0 Å². The van der Waals surface area contributed by atoms with Crippen molar-refractivity contribution in [3.63, 3.8) is 0 Å². The summed E-state index contributed by atoms with van der Waals surface area (Å²) in [7, 11) is -3.11. The minimum absolute atomic E-state index is 0.0967. The van der Waals surface area contributed by atoms with Crippen molar-refractivity contribution in [1.29, 1.82) is 0 Å². The van der Waals surface area contributed by atoms with Crippen molar-refractivity contribution in [2.75, 3.05) is 0 Å². The van der Waals surface area contributed by atoms with E-state index in [9.17, 15) is 4.79 Å². The molecule has 0 heterocycles. The Morgan fingerprint density at radius 3 is 1.80 bits per heavy atom. The van der Waals surface area contributed by atoms with E-state index >= 15 is 0 Å². The smallest absolute Gasteiger partial charge is 0.351 e. The Hall–Kier alpha value is -0.910. The van der Waals surface area contributed by atoms with Gasteiger partial charge >= 0.3 is 10.6 Å². The Balaban J connectivity index is 0. The van der Waals surface area contributed by atoms with Gasteiger partial charge in [0.25, 0.3) is 0 Å². The van der Waals surface area contributed by atoms with E-state index in [1.54, 1.807) is 0 Å².